The van der Waals surface area contributed by atoms with E-state index in [0.717, 1.165) is 12.8 Å². The van der Waals surface area contributed by atoms with E-state index < -0.39 is 20.9 Å². The minimum atomic E-state index is -3.68. The van der Waals surface area contributed by atoms with Crippen LogP contribution in [-0.2, 0) is 10.0 Å². The van der Waals surface area contributed by atoms with E-state index in [1.165, 1.54) is 54.7 Å². The normalized spacial score (nSPS) is 14.6. The van der Waals surface area contributed by atoms with Crippen molar-refractivity contribution in [2.24, 2.45) is 0 Å². The summed E-state index contributed by atoms with van der Waals surface area (Å²) in [5.41, 5.74) is 0.336. The fraction of sp³-hybridized carbons (Fsp3) is 0.316. The van der Waals surface area contributed by atoms with Crippen LogP contribution < -0.4 is 10.1 Å². The van der Waals surface area contributed by atoms with Gasteiger partial charge in [0.15, 0.2) is 0 Å². The lowest BCUT2D eigenvalue weighted by Crippen LogP contribution is -2.28. The summed E-state index contributed by atoms with van der Waals surface area (Å²) in [6.45, 7) is 2.41. The van der Waals surface area contributed by atoms with Gasteiger partial charge in [-0.25, -0.2) is 8.42 Å². The van der Waals surface area contributed by atoms with Gasteiger partial charge in [0.2, 0.25) is 10.0 Å². The molecule has 10 heteroatoms. The average molecular weight is 419 g/mol. The zero-order valence-electron chi connectivity index (χ0n) is 16.0. The number of nitro groups is 1. The molecule has 0 bridgehead atoms. The lowest BCUT2D eigenvalue weighted by Gasteiger charge is -2.17. The van der Waals surface area contributed by atoms with E-state index in [2.05, 4.69) is 5.32 Å². The molecule has 0 spiro atoms. The average Bonchev–Trinajstić information content (AvgIpc) is 3.23. The van der Waals surface area contributed by atoms with Crippen molar-refractivity contribution in [3.63, 3.8) is 0 Å². The van der Waals surface area contributed by atoms with Crippen molar-refractivity contribution in [2.45, 2.75) is 24.7 Å². The first-order valence-electron chi connectivity index (χ1n) is 8.99. The summed E-state index contributed by atoms with van der Waals surface area (Å²) in [7, 11) is -2.27. The third-order valence-corrected chi connectivity index (χ3v) is 6.76. The SMILES string of the molecule is COc1ccc(S(=O)(=O)N2CCCC2)cc1NC(=O)c1cccc([N+](=O)[O-])c1C. The first kappa shape index (κ1) is 20.7. The zero-order chi connectivity index (χ0) is 21.2. The highest BCUT2D eigenvalue weighted by atomic mass is 32.2. The number of hydrogen-bond donors (Lipinski definition) is 1. The second-order valence-electron chi connectivity index (χ2n) is 6.63. The highest BCUT2D eigenvalue weighted by Gasteiger charge is 2.28. The van der Waals surface area contributed by atoms with Gasteiger partial charge in [-0.3, -0.25) is 14.9 Å². The number of rotatable bonds is 6. The molecule has 0 aliphatic carbocycles. The van der Waals surface area contributed by atoms with Gasteiger partial charge >= 0.3 is 0 Å². The maximum atomic E-state index is 12.8. The van der Waals surface area contributed by atoms with Crippen LogP contribution in [0.1, 0.15) is 28.8 Å². The van der Waals surface area contributed by atoms with E-state index in [1.54, 1.807) is 0 Å². The van der Waals surface area contributed by atoms with Crippen molar-refractivity contribution < 1.29 is 22.9 Å². The molecule has 154 valence electrons. The quantitative estimate of drug-likeness (QED) is 0.568. The van der Waals surface area contributed by atoms with Gasteiger partial charge in [0, 0.05) is 30.3 Å². The first-order valence-corrected chi connectivity index (χ1v) is 10.4. The molecule has 3 rings (SSSR count). The molecule has 1 aliphatic rings. The molecule has 0 aromatic heterocycles. The second-order valence-corrected chi connectivity index (χ2v) is 8.57. The van der Waals surface area contributed by atoms with Gasteiger partial charge in [0.1, 0.15) is 5.75 Å². The molecule has 1 aliphatic heterocycles. The summed E-state index contributed by atoms with van der Waals surface area (Å²) in [4.78, 5) is 23.4. The number of nitro benzene ring substituents is 1. The number of nitrogens with zero attached hydrogens (tertiary/aromatic N) is 2. The molecular formula is C19H21N3O6S. The van der Waals surface area contributed by atoms with Crippen molar-refractivity contribution in [1.82, 2.24) is 4.31 Å². The van der Waals surface area contributed by atoms with Crippen LogP contribution >= 0.6 is 0 Å². The Hall–Kier alpha value is -2.98. The summed E-state index contributed by atoms with van der Waals surface area (Å²) in [6, 6.07) is 8.45. The molecule has 0 radical (unpaired) electrons. The van der Waals surface area contributed by atoms with Crippen molar-refractivity contribution in [3.8, 4) is 5.75 Å². The van der Waals surface area contributed by atoms with E-state index >= 15 is 0 Å². The number of nitrogens with one attached hydrogen (secondary N) is 1. The third-order valence-electron chi connectivity index (χ3n) is 4.87. The van der Waals surface area contributed by atoms with Gasteiger partial charge in [-0.1, -0.05) is 6.07 Å². The maximum Gasteiger partial charge on any atom is 0.273 e. The Morgan fingerprint density at radius 3 is 2.52 bits per heavy atom. The lowest BCUT2D eigenvalue weighted by molar-refractivity contribution is -0.385. The van der Waals surface area contributed by atoms with E-state index in [9.17, 15) is 23.3 Å². The van der Waals surface area contributed by atoms with Gasteiger partial charge < -0.3 is 10.1 Å². The predicted octanol–water partition coefficient (Wildman–Crippen LogP) is 2.95. The number of anilines is 1. The number of amides is 1. The van der Waals surface area contributed by atoms with E-state index in [-0.39, 0.29) is 33.1 Å². The van der Waals surface area contributed by atoms with Crippen LogP contribution in [0.5, 0.6) is 5.75 Å². The molecule has 1 amide bonds. The summed E-state index contributed by atoms with van der Waals surface area (Å²) < 4.78 is 32.3. The zero-order valence-corrected chi connectivity index (χ0v) is 16.9. The van der Waals surface area contributed by atoms with Crippen molar-refractivity contribution in [3.05, 3.63) is 57.6 Å². The molecule has 2 aromatic carbocycles. The van der Waals surface area contributed by atoms with E-state index in [1.807, 2.05) is 0 Å². The number of sulfonamides is 1. The minimum Gasteiger partial charge on any atom is -0.495 e. The lowest BCUT2D eigenvalue weighted by atomic mass is 10.1. The van der Waals surface area contributed by atoms with E-state index in [0.29, 0.717) is 13.1 Å². The van der Waals surface area contributed by atoms with Crippen LogP contribution in [0.3, 0.4) is 0 Å². The van der Waals surface area contributed by atoms with Crippen LogP contribution in [0.15, 0.2) is 41.3 Å². The summed E-state index contributed by atoms with van der Waals surface area (Å²) in [5.74, 6) is -0.318. The number of methoxy groups -OCH3 is 1. The van der Waals surface area contributed by atoms with Gasteiger partial charge in [0.05, 0.1) is 22.6 Å². The largest absolute Gasteiger partial charge is 0.495 e. The molecule has 1 fully saturated rings. The predicted molar refractivity (Wildman–Crippen MR) is 107 cm³/mol. The van der Waals surface area contributed by atoms with Crippen molar-refractivity contribution in [2.75, 3.05) is 25.5 Å². The molecule has 1 heterocycles. The standard InChI is InChI=1S/C19H21N3O6S/c1-13-15(6-5-7-17(13)22(24)25)19(23)20-16-12-14(8-9-18(16)28-2)29(26,27)21-10-3-4-11-21/h5-9,12H,3-4,10-11H2,1-2H3,(H,20,23). The molecular weight excluding hydrogens is 398 g/mol. The Morgan fingerprint density at radius 1 is 1.21 bits per heavy atom. The number of ether oxygens (including phenoxy) is 1. The molecule has 0 unspecified atom stereocenters. The molecule has 9 nitrogen and oxygen atoms in total. The molecule has 2 aromatic rings. The molecule has 1 saturated heterocycles. The third kappa shape index (κ3) is 4.08. The maximum absolute atomic E-state index is 12.8. The van der Waals surface area contributed by atoms with Crippen LogP contribution in [0.4, 0.5) is 11.4 Å². The monoisotopic (exact) mass is 419 g/mol. The molecule has 0 atom stereocenters. The number of hydrogen-bond acceptors (Lipinski definition) is 6. The summed E-state index contributed by atoms with van der Waals surface area (Å²) in [6.07, 6.45) is 1.62. The fourth-order valence-electron chi connectivity index (χ4n) is 3.28. The number of carbonyl (C=O) groups excluding carboxylic acids is 1. The first-order chi connectivity index (χ1) is 13.8. The fourth-order valence-corrected chi connectivity index (χ4v) is 4.82. The molecule has 29 heavy (non-hydrogen) atoms. The van der Waals surface area contributed by atoms with Crippen LogP contribution in [0.25, 0.3) is 0 Å². The van der Waals surface area contributed by atoms with Gasteiger partial charge in [-0.05, 0) is 44.0 Å². The smallest absolute Gasteiger partial charge is 0.273 e. The molecule has 1 N–H and O–H groups in total. The highest BCUT2D eigenvalue weighted by Crippen LogP contribution is 2.31. The Bertz CT molecular complexity index is 1060. The van der Waals surface area contributed by atoms with E-state index in [4.69, 9.17) is 4.74 Å². The Kier molecular flexibility index (Phi) is 5.85. The number of carbonyl (C=O) groups is 1. The number of benzene rings is 2. The molecule has 0 saturated carbocycles. The summed E-state index contributed by atoms with van der Waals surface area (Å²) >= 11 is 0. The van der Waals surface area contributed by atoms with Gasteiger partial charge in [-0.15, -0.1) is 0 Å². The Balaban J connectivity index is 1.95. The Labute approximate surface area is 168 Å². The summed E-state index contributed by atoms with van der Waals surface area (Å²) in [5, 5.41) is 13.7. The van der Waals surface area contributed by atoms with Gasteiger partial charge in [0.25, 0.3) is 11.6 Å². The van der Waals surface area contributed by atoms with Crippen molar-refractivity contribution in [1.29, 1.82) is 0 Å². The van der Waals surface area contributed by atoms with Crippen LogP contribution in [0.2, 0.25) is 0 Å². The van der Waals surface area contributed by atoms with Crippen LogP contribution in [-0.4, -0.2) is 43.8 Å². The Morgan fingerprint density at radius 2 is 1.90 bits per heavy atom. The van der Waals surface area contributed by atoms with Gasteiger partial charge in [-0.2, -0.15) is 4.31 Å². The highest BCUT2D eigenvalue weighted by molar-refractivity contribution is 7.89. The second kappa shape index (κ2) is 8.18. The topological polar surface area (TPSA) is 119 Å². The minimum absolute atomic E-state index is 0.0475. The van der Waals surface area contributed by atoms with Crippen molar-refractivity contribution >= 4 is 27.3 Å². The van der Waals surface area contributed by atoms with Crippen LogP contribution in [0, 0.1) is 17.0 Å².